The van der Waals surface area contributed by atoms with Gasteiger partial charge in [0, 0.05) is 11.4 Å². The molecule has 0 unspecified atom stereocenters. The van der Waals surface area contributed by atoms with Gasteiger partial charge in [0.05, 0.1) is 0 Å². The summed E-state index contributed by atoms with van der Waals surface area (Å²) in [4.78, 5) is 0. The SMILES string of the molecule is [B]c1c([B])c([B])c(Nc2c([B])c([B])c(-c3c([B])c([B])c([B])c([B])c3[B])c([B])c2[B])c([B])c1[B]. The van der Waals surface area contributed by atoms with Gasteiger partial charge in [-0.05, 0) is 11.1 Å². The van der Waals surface area contributed by atoms with Crippen LogP contribution in [0.25, 0.3) is 11.1 Å². The van der Waals surface area contributed by atoms with Crippen LogP contribution in [0.3, 0.4) is 0 Å². The molecule has 0 atom stereocenters. The predicted octanol–water partition coefficient (Wildman–Crippen LogP) is -11.8. The first-order valence-corrected chi connectivity index (χ1v) is 9.29. The Balaban J connectivity index is 2.32. The first-order valence-electron chi connectivity index (χ1n) is 9.29. The minimum atomic E-state index is -0.0303. The van der Waals surface area contributed by atoms with Crippen LogP contribution in [0.1, 0.15) is 0 Å². The number of benzene rings is 3. The van der Waals surface area contributed by atoms with E-state index in [-0.39, 0.29) is 99.0 Å². The molecule has 0 aliphatic rings. The fourth-order valence-electron chi connectivity index (χ4n) is 3.46. The average molecular weight is 383 g/mol. The van der Waals surface area contributed by atoms with Crippen LogP contribution in [-0.4, -0.2) is 110 Å². The first kappa shape index (κ1) is 26.0. The maximum atomic E-state index is 6.32. The van der Waals surface area contributed by atoms with Gasteiger partial charge in [0.2, 0.25) is 0 Å². The van der Waals surface area contributed by atoms with Crippen LogP contribution in [0.4, 0.5) is 11.4 Å². The van der Waals surface area contributed by atoms with Crippen molar-refractivity contribution in [1.82, 2.24) is 0 Å². The Labute approximate surface area is 213 Å². The molecular formula is C18HB14N. The Morgan fingerprint density at radius 3 is 0.727 bits per heavy atom. The smallest absolute Gasteiger partial charge is 0.115 e. The molecule has 120 valence electrons. The van der Waals surface area contributed by atoms with Gasteiger partial charge < -0.3 is 5.32 Å². The molecule has 1 nitrogen and oxygen atoms in total. The summed E-state index contributed by atoms with van der Waals surface area (Å²) in [5.41, 5.74) is 0.506. The van der Waals surface area contributed by atoms with E-state index in [1.807, 2.05) is 0 Å². The van der Waals surface area contributed by atoms with Gasteiger partial charge >= 0.3 is 0 Å². The third-order valence-corrected chi connectivity index (χ3v) is 5.56. The zero-order valence-electron chi connectivity index (χ0n) is 17.6. The normalized spacial score (nSPS) is 10.9. The van der Waals surface area contributed by atoms with Crippen LogP contribution >= 0.6 is 0 Å². The Bertz CT molecular complexity index is 1250. The minimum absolute atomic E-state index is 0.00298. The molecule has 0 aliphatic carbocycles. The summed E-state index contributed by atoms with van der Waals surface area (Å²) in [5, 5.41) is 2.90. The van der Waals surface area contributed by atoms with Crippen molar-refractivity contribution >= 4 is 198 Å². The number of hydrogen-bond donors (Lipinski definition) is 1. The summed E-state index contributed by atoms with van der Waals surface area (Å²) in [6.45, 7) is 0. The molecule has 0 heterocycles. The number of rotatable bonds is 3. The van der Waals surface area contributed by atoms with Crippen LogP contribution in [0, 0.1) is 0 Å². The van der Waals surface area contributed by atoms with E-state index in [1.165, 1.54) is 0 Å². The van der Waals surface area contributed by atoms with Crippen molar-refractivity contribution in [2.75, 3.05) is 5.32 Å². The molecule has 0 aliphatic heterocycles. The van der Waals surface area contributed by atoms with Crippen molar-refractivity contribution in [2.45, 2.75) is 0 Å². The van der Waals surface area contributed by atoms with E-state index in [0.717, 1.165) is 0 Å². The van der Waals surface area contributed by atoms with Crippen molar-refractivity contribution in [3.63, 3.8) is 0 Å². The zero-order chi connectivity index (χ0) is 25.1. The van der Waals surface area contributed by atoms with Gasteiger partial charge in [-0.25, -0.2) is 0 Å². The molecule has 28 radical (unpaired) electrons. The van der Waals surface area contributed by atoms with Crippen molar-refractivity contribution < 1.29 is 0 Å². The van der Waals surface area contributed by atoms with E-state index in [4.69, 9.17) is 110 Å². The van der Waals surface area contributed by atoms with Crippen molar-refractivity contribution in [2.24, 2.45) is 0 Å². The minimum Gasteiger partial charge on any atom is -0.358 e. The Morgan fingerprint density at radius 2 is 0.424 bits per heavy atom. The molecule has 0 saturated carbocycles. The molecule has 15 heteroatoms. The number of anilines is 2. The van der Waals surface area contributed by atoms with Crippen LogP contribution in [0.5, 0.6) is 0 Å². The largest absolute Gasteiger partial charge is 0.358 e. The van der Waals surface area contributed by atoms with E-state index in [1.54, 1.807) is 0 Å². The lowest BCUT2D eigenvalue weighted by atomic mass is 9.56. The molecule has 0 bridgehead atoms. The molecular weight excluding hydrogens is 382 g/mol. The summed E-state index contributed by atoms with van der Waals surface area (Å²) in [6.07, 6.45) is 0. The lowest BCUT2D eigenvalue weighted by Gasteiger charge is -2.30. The maximum Gasteiger partial charge on any atom is 0.115 e. The summed E-state index contributed by atoms with van der Waals surface area (Å²) in [5.74, 6) is 0. The third kappa shape index (κ3) is 3.98. The quantitative estimate of drug-likeness (QED) is 0.444. The average Bonchev–Trinajstić information content (AvgIpc) is 2.79. The molecule has 3 aromatic rings. The molecule has 0 saturated heterocycles. The molecule has 0 spiro atoms. The second kappa shape index (κ2) is 9.20. The second-order valence-electron chi connectivity index (χ2n) is 7.42. The van der Waals surface area contributed by atoms with E-state index in [2.05, 4.69) is 5.32 Å². The fraction of sp³-hybridized carbons (Fsp3) is 0. The number of hydrogen-bond acceptors (Lipinski definition) is 1. The summed E-state index contributed by atoms with van der Waals surface area (Å²) in [6, 6.07) is 0. The highest BCUT2D eigenvalue weighted by molar-refractivity contribution is 6.72. The third-order valence-electron chi connectivity index (χ3n) is 5.56. The Kier molecular flexibility index (Phi) is 7.24. The van der Waals surface area contributed by atoms with Crippen molar-refractivity contribution in [1.29, 1.82) is 0 Å². The standard InChI is InChI=1S/C18HB14N/c19-3-1(4(20)8(24)9(25)7(3)23)2-5(21)13(29)17(14(30)6(2)22)33-18-15(31)11(27)10(26)12(28)16(18)32/h33H. The topological polar surface area (TPSA) is 12.0 Å². The van der Waals surface area contributed by atoms with Crippen molar-refractivity contribution in [3.05, 3.63) is 0 Å². The van der Waals surface area contributed by atoms with Crippen LogP contribution < -0.4 is 81.8 Å². The lowest BCUT2D eigenvalue weighted by molar-refractivity contribution is 1.70. The molecule has 0 aromatic heterocycles. The van der Waals surface area contributed by atoms with Gasteiger partial charge in [-0.1, -0.05) is 43.7 Å². The highest BCUT2D eigenvalue weighted by Gasteiger charge is 2.20. The monoisotopic (exact) mass is 385 g/mol. The van der Waals surface area contributed by atoms with E-state index in [9.17, 15) is 0 Å². The summed E-state index contributed by atoms with van der Waals surface area (Å²) < 4.78 is 0. The van der Waals surface area contributed by atoms with Gasteiger partial charge in [0.1, 0.15) is 110 Å². The Hall–Kier alpha value is -1.63. The van der Waals surface area contributed by atoms with Crippen LogP contribution in [-0.2, 0) is 0 Å². The lowest BCUT2D eigenvalue weighted by Crippen LogP contribution is -2.57. The van der Waals surface area contributed by atoms with Crippen molar-refractivity contribution in [3.8, 4) is 11.1 Å². The van der Waals surface area contributed by atoms with E-state index in [0.29, 0.717) is 0 Å². The second-order valence-corrected chi connectivity index (χ2v) is 7.42. The number of nitrogens with one attached hydrogen (secondary N) is 1. The molecule has 33 heavy (non-hydrogen) atoms. The summed E-state index contributed by atoms with van der Waals surface area (Å²) in [7, 11) is 85.1. The van der Waals surface area contributed by atoms with Crippen LogP contribution in [0.2, 0.25) is 0 Å². The predicted molar refractivity (Wildman–Crippen MR) is 157 cm³/mol. The highest BCUT2D eigenvalue weighted by Crippen LogP contribution is 2.11. The van der Waals surface area contributed by atoms with Gasteiger partial charge in [-0.15, -0.1) is 32.8 Å². The van der Waals surface area contributed by atoms with E-state index >= 15 is 0 Å². The molecule has 3 rings (SSSR count). The molecule has 0 amide bonds. The van der Waals surface area contributed by atoms with Crippen LogP contribution in [0.15, 0.2) is 0 Å². The fourth-order valence-corrected chi connectivity index (χ4v) is 3.46. The molecule has 1 N–H and O–H groups in total. The van der Waals surface area contributed by atoms with E-state index < -0.39 is 0 Å². The van der Waals surface area contributed by atoms with Gasteiger partial charge in [0.25, 0.3) is 0 Å². The summed E-state index contributed by atoms with van der Waals surface area (Å²) >= 11 is 0. The van der Waals surface area contributed by atoms with Gasteiger partial charge in [-0.3, -0.25) is 0 Å². The molecule has 0 fully saturated rings. The zero-order valence-corrected chi connectivity index (χ0v) is 17.6. The van der Waals surface area contributed by atoms with Gasteiger partial charge in [-0.2, -0.15) is 0 Å². The van der Waals surface area contributed by atoms with Gasteiger partial charge in [0.15, 0.2) is 0 Å². The highest BCUT2D eigenvalue weighted by atomic mass is 14.9. The molecule has 3 aromatic carbocycles. The maximum absolute atomic E-state index is 6.32. The Morgan fingerprint density at radius 1 is 0.242 bits per heavy atom. The first-order chi connectivity index (χ1) is 15.2.